The summed E-state index contributed by atoms with van der Waals surface area (Å²) in [6.45, 7) is 5.83. The van der Waals surface area contributed by atoms with Crippen molar-refractivity contribution in [3.63, 3.8) is 0 Å². The van der Waals surface area contributed by atoms with E-state index in [1.54, 1.807) is 11.3 Å². The molecule has 1 aliphatic heterocycles. The molecule has 0 aliphatic carbocycles. The Labute approximate surface area is 88.7 Å². The standard InChI is InChI=1S/C10H16N2OS/c1-2-3-9-8-14-10(11-9)12-4-6-13-7-5-12/h8H,2-7H2,1H3. The van der Waals surface area contributed by atoms with Crippen LogP contribution in [-0.2, 0) is 11.2 Å². The molecule has 2 heterocycles. The van der Waals surface area contributed by atoms with Crippen LogP contribution in [-0.4, -0.2) is 31.3 Å². The Morgan fingerprint density at radius 1 is 1.50 bits per heavy atom. The molecule has 0 aromatic carbocycles. The van der Waals surface area contributed by atoms with Crippen LogP contribution in [0.25, 0.3) is 0 Å². The first-order valence-corrected chi connectivity index (χ1v) is 6.05. The van der Waals surface area contributed by atoms with Crippen LogP contribution in [0.3, 0.4) is 0 Å². The number of ether oxygens (including phenoxy) is 1. The van der Waals surface area contributed by atoms with Gasteiger partial charge in [-0.25, -0.2) is 4.98 Å². The summed E-state index contributed by atoms with van der Waals surface area (Å²) in [6.07, 6.45) is 2.27. The van der Waals surface area contributed by atoms with Crippen molar-refractivity contribution in [3.8, 4) is 0 Å². The summed E-state index contributed by atoms with van der Waals surface area (Å²) in [7, 11) is 0. The molecule has 0 radical (unpaired) electrons. The second kappa shape index (κ2) is 4.75. The summed E-state index contributed by atoms with van der Waals surface area (Å²) in [5, 5.41) is 3.34. The van der Waals surface area contributed by atoms with Crippen molar-refractivity contribution in [3.05, 3.63) is 11.1 Å². The largest absolute Gasteiger partial charge is 0.378 e. The lowest BCUT2D eigenvalue weighted by Crippen LogP contribution is -2.36. The molecule has 1 aromatic rings. The van der Waals surface area contributed by atoms with Gasteiger partial charge in [-0.2, -0.15) is 0 Å². The van der Waals surface area contributed by atoms with Crippen LogP contribution in [0.5, 0.6) is 0 Å². The fourth-order valence-corrected chi connectivity index (χ4v) is 2.48. The maximum atomic E-state index is 5.31. The smallest absolute Gasteiger partial charge is 0.185 e. The number of aryl methyl sites for hydroxylation is 1. The normalized spacial score (nSPS) is 17.4. The molecule has 0 atom stereocenters. The molecule has 14 heavy (non-hydrogen) atoms. The van der Waals surface area contributed by atoms with Crippen molar-refractivity contribution >= 4 is 16.5 Å². The van der Waals surface area contributed by atoms with Crippen molar-refractivity contribution < 1.29 is 4.74 Å². The molecule has 1 saturated heterocycles. The number of rotatable bonds is 3. The number of thiazole rings is 1. The monoisotopic (exact) mass is 212 g/mol. The minimum absolute atomic E-state index is 0.836. The van der Waals surface area contributed by atoms with Crippen LogP contribution in [0.4, 0.5) is 5.13 Å². The first-order valence-electron chi connectivity index (χ1n) is 5.17. The van der Waals surface area contributed by atoms with Crippen LogP contribution < -0.4 is 4.90 Å². The Morgan fingerprint density at radius 3 is 3.00 bits per heavy atom. The highest BCUT2D eigenvalue weighted by atomic mass is 32.1. The van der Waals surface area contributed by atoms with Crippen molar-refractivity contribution in [1.82, 2.24) is 4.98 Å². The topological polar surface area (TPSA) is 25.4 Å². The van der Waals surface area contributed by atoms with E-state index >= 15 is 0 Å². The lowest BCUT2D eigenvalue weighted by Gasteiger charge is -2.26. The molecule has 3 nitrogen and oxygen atoms in total. The van der Waals surface area contributed by atoms with Crippen molar-refractivity contribution in [2.75, 3.05) is 31.2 Å². The van der Waals surface area contributed by atoms with E-state index in [0.717, 1.165) is 37.9 Å². The van der Waals surface area contributed by atoms with E-state index in [2.05, 4.69) is 22.2 Å². The van der Waals surface area contributed by atoms with Crippen LogP contribution >= 0.6 is 11.3 Å². The third-order valence-corrected chi connectivity index (χ3v) is 3.28. The number of morpholine rings is 1. The number of hydrogen-bond donors (Lipinski definition) is 0. The molecule has 0 bridgehead atoms. The molecular formula is C10H16N2OS. The second-order valence-corrected chi connectivity index (χ2v) is 4.31. The van der Waals surface area contributed by atoms with E-state index in [9.17, 15) is 0 Å². The molecule has 2 rings (SSSR count). The molecule has 1 aromatic heterocycles. The van der Waals surface area contributed by atoms with Crippen molar-refractivity contribution in [2.24, 2.45) is 0 Å². The molecule has 1 fully saturated rings. The Hall–Kier alpha value is -0.610. The Kier molecular flexibility index (Phi) is 3.37. The van der Waals surface area contributed by atoms with Gasteiger partial charge in [-0.1, -0.05) is 13.3 Å². The number of nitrogens with zero attached hydrogens (tertiary/aromatic N) is 2. The number of aromatic nitrogens is 1. The zero-order chi connectivity index (χ0) is 9.80. The average molecular weight is 212 g/mol. The molecule has 0 saturated carbocycles. The van der Waals surface area contributed by atoms with Gasteiger partial charge in [0.05, 0.1) is 18.9 Å². The first kappa shape index (κ1) is 9.93. The molecule has 4 heteroatoms. The van der Waals surface area contributed by atoms with Crippen molar-refractivity contribution in [1.29, 1.82) is 0 Å². The highest BCUT2D eigenvalue weighted by molar-refractivity contribution is 7.13. The highest BCUT2D eigenvalue weighted by Gasteiger charge is 2.13. The van der Waals surface area contributed by atoms with Gasteiger partial charge in [0.2, 0.25) is 0 Å². The van der Waals surface area contributed by atoms with E-state index in [1.807, 2.05) is 0 Å². The van der Waals surface area contributed by atoms with Gasteiger partial charge in [0.1, 0.15) is 0 Å². The molecule has 78 valence electrons. The van der Waals surface area contributed by atoms with E-state index in [-0.39, 0.29) is 0 Å². The van der Waals surface area contributed by atoms with Gasteiger partial charge in [0.25, 0.3) is 0 Å². The van der Waals surface area contributed by atoms with Gasteiger partial charge in [-0.15, -0.1) is 11.3 Å². The lowest BCUT2D eigenvalue weighted by atomic mass is 10.3. The highest BCUT2D eigenvalue weighted by Crippen LogP contribution is 2.21. The van der Waals surface area contributed by atoms with Gasteiger partial charge < -0.3 is 9.64 Å². The summed E-state index contributed by atoms with van der Waals surface area (Å²) < 4.78 is 5.31. The van der Waals surface area contributed by atoms with Crippen LogP contribution in [0.15, 0.2) is 5.38 Å². The third-order valence-electron chi connectivity index (χ3n) is 2.33. The quantitative estimate of drug-likeness (QED) is 0.765. The average Bonchev–Trinajstić information content (AvgIpc) is 2.68. The SMILES string of the molecule is CCCc1csc(N2CCOCC2)n1. The molecular weight excluding hydrogens is 196 g/mol. The van der Waals surface area contributed by atoms with E-state index < -0.39 is 0 Å². The molecule has 0 N–H and O–H groups in total. The minimum atomic E-state index is 0.836. The lowest BCUT2D eigenvalue weighted by molar-refractivity contribution is 0.122. The van der Waals surface area contributed by atoms with Gasteiger partial charge in [-0.05, 0) is 6.42 Å². The van der Waals surface area contributed by atoms with Crippen LogP contribution in [0.1, 0.15) is 19.0 Å². The Bertz CT molecular complexity index is 281. The van der Waals surface area contributed by atoms with Gasteiger partial charge >= 0.3 is 0 Å². The summed E-state index contributed by atoms with van der Waals surface area (Å²) >= 11 is 1.76. The summed E-state index contributed by atoms with van der Waals surface area (Å²) in [5.41, 5.74) is 1.24. The minimum Gasteiger partial charge on any atom is -0.378 e. The molecule has 0 unspecified atom stereocenters. The number of anilines is 1. The Balaban J connectivity index is 2.00. The predicted octanol–water partition coefficient (Wildman–Crippen LogP) is 1.93. The zero-order valence-corrected chi connectivity index (χ0v) is 9.35. The van der Waals surface area contributed by atoms with Crippen LogP contribution in [0.2, 0.25) is 0 Å². The second-order valence-electron chi connectivity index (χ2n) is 3.47. The van der Waals surface area contributed by atoms with E-state index in [4.69, 9.17) is 4.74 Å². The van der Waals surface area contributed by atoms with E-state index in [0.29, 0.717) is 0 Å². The van der Waals surface area contributed by atoms with Gasteiger partial charge in [0.15, 0.2) is 5.13 Å². The molecule has 0 amide bonds. The molecule has 1 aliphatic rings. The fourth-order valence-electron chi connectivity index (χ4n) is 1.57. The summed E-state index contributed by atoms with van der Waals surface area (Å²) in [5.74, 6) is 0. The van der Waals surface area contributed by atoms with Crippen LogP contribution in [0, 0.1) is 0 Å². The predicted molar refractivity (Wildman–Crippen MR) is 59.1 cm³/mol. The Morgan fingerprint density at radius 2 is 2.29 bits per heavy atom. The molecule has 0 spiro atoms. The van der Waals surface area contributed by atoms with Gasteiger partial charge in [0, 0.05) is 18.5 Å². The summed E-state index contributed by atoms with van der Waals surface area (Å²) in [4.78, 5) is 6.93. The maximum Gasteiger partial charge on any atom is 0.185 e. The summed E-state index contributed by atoms with van der Waals surface area (Å²) in [6, 6.07) is 0. The maximum absolute atomic E-state index is 5.31. The van der Waals surface area contributed by atoms with E-state index in [1.165, 1.54) is 12.1 Å². The fraction of sp³-hybridized carbons (Fsp3) is 0.700. The third kappa shape index (κ3) is 2.25. The number of hydrogen-bond acceptors (Lipinski definition) is 4. The zero-order valence-electron chi connectivity index (χ0n) is 8.53. The van der Waals surface area contributed by atoms with Gasteiger partial charge in [-0.3, -0.25) is 0 Å². The van der Waals surface area contributed by atoms with Crippen molar-refractivity contribution in [2.45, 2.75) is 19.8 Å². The first-order chi connectivity index (χ1) is 6.90.